The molecule has 1 aliphatic heterocycles. The van der Waals surface area contributed by atoms with Crippen LogP contribution in [0.3, 0.4) is 0 Å². The molecule has 2 heterocycles. The van der Waals surface area contributed by atoms with Crippen molar-refractivity contribution < 1.29 is 16.8 Å². The third kappa shape index (κ3) is 6.90. The number of aromatic amines is 1. The van der Waals surface area contributed by atoms with Crippen molar-refractivity contribution >= 4 is 22.8 Å². The zero-order valence-electron chi connectivity index (χ0n) is 23.2. The predicted octanol–water partition coefficient (Wildman–Crippen LogP) is 5.95. The first-order chi connectivity index (χ1) is 17.7. The van der Waals surface area contributed by atoms with Crippen LogP contribution in [0.15, 0.2) is 30.5 Å². The van der Waals surface area contributed by atoms with Crippen molar-refractivity contribution in [3.8, 4) is 0 Å². The molecule has 208 valence electrons. The SMILES string of the molecule is C=C(C[C@H](NC(=O)C1CC1C(C)C)C(=O)N[C@@H](C)c1nc2c(F)cccc2[nH]1)N1CCCC[C@@H]1C.CC.[HH].[HH]. The second-order valence-electron chi connectivity index (χ2n) is 10.6. The summed E-state index contributed by atoms with van der Waals surface area (Å²) < 4.78 is 14.1. The van der Waals surface area contributed by atoms with Gasteiger partial charge in [-0.25, -0.2) is 9.37 Å². The molecule has 1 saturated heterocycles. The minimum absolute atomic E-state index is 0. The van der Waals surface area contributed by atoms with Crippen LogP contribution < -0.4 is 10.6 Å². The number of carbonyl (C=O) groups excluding carboxylic acids is 2. The largest absolute Gasteiger partial charge is 0.373 e. The zero-order valence-corrected chi connectivity index (χ0v) is 23.2. The number of para-hydroxylation sites is 1. The van der Waals surface area contributed by atoms with Gasteiger partial charge < -0.3 is 20.5 Å². The van der Waals surface area contributed by atoms with Crippen LogP contribution in [0.1, 0.15) is 88.4 Å². The molecule has 4 rings (SSSR count). The van der Waals surface area contributed by atoms with Gasteiger partial charge in [0.15, 0.2) is 5.82 Å². The number of carbonyl (C=O) groups is 2. The summed E-state index contributed by atoms with van der Waals surface area (Å²) in [5, 5.41) is 5.98. The summed E-state index contributed by atoms with van der Waals surface area (Å²) in [7, 11) is 0. The van der Waals surface area contributed by atoms with E-state index in [1.807, 2.05) is 13.8 Å². The molecular formula is C29H48FN5O2. The Bertz CT molecular complexity index is 1110. The highest BCUT2D eigenvalue weighted by atomic mass is 19.1. The van der Waals surface area contributed by atoms with Gasteiger partial charge in [0.25, 0.3) is 0 Å². The number of nitrogens with zero attached hydrogens (tertiary/aromatic N) is 2. The van der Waals surface area contributed by atoms with Gasteiger partial charge in [-0.3, -0.25) is 9.59 Å². The number of hydrogen-bond acceptors (Lipinski definition) is 4. The Balaban J connectivity index is 0.00000186. The highest BCUT2D eigenvalue weighted by molar-refractivity contribution is 5.90. The molecule has 0 bridgehead atoms. The number of H-pyrrole nitrogens is 1. The van der Waals surface area contributed by atoms with E-state index in [4.69, 9.17) is 0 Å². The fourth-order valence-electron chi connectivity index (χ4n) is 5.27. The average Bonchev–Trinajstić information content (AvgIpc) is 3.57. The number of hydrogen-bond donors (Lipinski definition) is 3. The molecule has 0 spiro atoms. The quantitative estimate of drug-likeness (QED) is 0.383. The maximum absolute atomic E-state index is 14.1. The summed E-state index contributed by atoms with van der Waals surface area (Å²) in [4.78, 5) is 36.1. The van der Waals surface area contributed by atoms with E-state index in [-0.39, 0.29) is 26.1 Å². The van der Waals surface area contributed by atoms with Crippen molar-refractivity contribution in [2.45, 2.75) is 91.8 Å². The Morgan fingerprint density at radius 1 is 1.24 bits per heavy atom. The van der Waals surface area contributed by atoms with Crippen molar-refractivity contribution in [3.05, 3.63) is 42.1 Å². The molecule has 2 amide bonds. The molecule has 2 unspecified atom stereocenters. The van der Waals surface area contributed by atoms with Crippen LogP contribution in [0.25, 0.3) is 11.0 Å². The molecule has 1 aliphatic carbocycles. The summed E-state index contributed by atoms with van der Waals surface area (Å²) in [6.45, 7) is 17.4. The molecule has 1 aromatic carbocycles. The Morgan fingerprint density at radius 3 is 2.59 bits per heavy atom. The van der Waals surface area contributed by atoms with Gasteiger partial charge in [-0.15, -0.1) is 0 Å². The van der Waals surface area contributed by atoms with Gasteiger partial charge in [0.05, 0.1) is 11.6 Å². The van der Waals surface area contributed by atoms with E-state index in [0.717, 1.165) is 31.5 Å². The molecule has 2 aromatic rings. The lowest BCUT2D eigenvalue weighted by atomic mass is 10.0. The van der Waals surface area contributed by atoms with E-state index in [9.17, 15) is 14.0 Å². The van der Waals surface area contributed by atoms with Crippen LogP contribution in [0.4, 0.5) is 4.39 Å². The molecule has 0 radical (unpaired) electrons. The maximum atomic E-state index is 14.1. The number of halogens is 1. The molecular weight excluding hydrogens is 469 g/mol. The van der Waals surface area contributed by atoms with E-state index < -0.39 is 17.9 Å². The number of amides is 2. The van der Waals surface area contributed by atoms with Crippen LogP contribution in [-0.4, -0.2) is 45.3 Å². The second-order valence-corrected chi connectivity index (χ2v) is 10.6. The molecule has 1 saturated carbocycles. The lowest BCUT2D eigenvalue weighted by molar-refractivity contribution is -0.130. The molecule has 7 nitrogen and oxygen atoms in total. The summed E-state index contributed by atoms with van der Waals surface area (Å²) >= 11 is 0. The second kappa shape index (κ2) is 12.6. The van der Waals surface area contributed by atoms with Crippen molar-refractivity contribution in [1.29, 1.82) is 0 Å². The Kier molecular flexibility index (Phi) is 9.74. The summed E-state index contributed by atoms with van der Waals surface area (Å²) in [6, 6.07) is 3.87. The first-order valence-electron chi connectivity index (χ1n) is 13.8. The third-order valence-electron chi connectivity index (χ3n) is 7.57. The summed E-state index contributed by atoms with van der Waals surface area (Å²) in [5.74, 6) is 0.465. The molecule has 8 heteroatoms. The van der Waals surface area contributed by atoms with Crippen LogP contribution in [0.2, 0.25) is 0 Å². The number of piperidine rings is 1. The molecule has 5 atom stereocenters. The monoisotopic (exact) mass is 517 g/mol. The van der Waals surface area contributed by atoms with Gasteiger partial charge in [0, 0.05) is 33.5 Å². The van der Waals surface area contributed by atoms with Crippen LogP contribution in [0, 0.1) is 23.6 Å². The van der Waals surface area contributed by atoms with Crippen molar-refractivity contribution in [3.63, 3.8) is 0 Å². The normalized spacial score (nSPS) is 22.6. The average molecular weight is 518 g/mol. The number of imidazole rings is 1. The van der Waals surface area contributed by atoms with Crippen LogP contribution in [-0.2, 0) is 9.59 Å². The van der Waals surface area contributed by atoms with Gasteiger partial charge in [-0.05, 0) is 63.5 Å². The van der Waals surface area contributed by atoms with E-state index in [1.54, 1.807) is 19.1 Å². The Morgan fingerprint density at radius 2 is 1.97 bits per heavy atom. The number of fused-ring (bicyclic) bond motifs is 1. The molecule has 2 fully saturated rings. The number of benzene rings is 1. The van der Waals surface area contributed by atoms with Gasteiger partial charge >= 0.3 is 0 Å². The van der Waals surface area contributed by atoms with Gasteiger partial charge in [-0.2, -0.15) is 0 Å². The van der Waals surface area contributed by atoms with Crippen LogP contribution in [0.5, 0.6) is 0 Å². The highest BCUT2D eigenvalue weighted by Crippen LogP contribution is 2.44. The Labute approximate surface area is 223 Å². The van der Waals surface area contributed by atoms with Crippen molar-refractivity contribution in [2.75, 3.05) is 6.54 Å². The Hall–Kier alpha value is -2.90. The molecule has 2 aliphatic rings. The highest BCUT2D eigenvalue weighted by Gasteiger charge is 2.45. The lowest BCUT2D eigenvalue weighted by Gasteiger charge is -2.37. The third-order valence-corrected chi connectivity index (χ3v) is 7.57. The first-order valence-corrected chi connectivity index (χ1v) is 13.8. The number of likely N-dealkylation sites (tertiary alicyclic amines) is 1. The summed E-state index contributed by atoms with van der Waals surface area (Å²) in [6.07, 6.45) is 4.61. The zero-order chi connectivity index (χ0) is 27.3. The molecule has 37 heavy (non-hydrogen) atoms. The van der Waals surface area contributed by atoms with E-state index in [2.05, 4.69) is 52.9 Å². The van der Waals surface area contributed by atoms with E-state index >= 15 is 0 Å². The minimum Gasteiger partial charge on any atom is -0.373 e. The van der Waals surface area contributed by atoms with Gasteiger partial charge in [0.1, 0.15) is 17.4 Å². The fourth-order valence-corrected chi connectivity index (χ4v) is 5.27. The fraction of sp³-hybridized carbons (Fsp3) is 0.621. The first kappa shape index (κ1) is 28.7. The van der Waals surface area contributed by atoms with Crippen molar-refractivity contribution in [2.24, 2.45) is 17.8 Å². The maximum Gasteiger partial charge on any atom is 0.243 e. The number of nitrogens with one attached hydrogen (secondary N) is 3. The minimum atomic E-state index is -0.735. The van der Waals surface area contributed by atoms with Gasteiger partial charge in [0.2, 0.25) is 11.8 Å². The summed E-state index contributed by atoms with van der Waals surface area (Å²) in [5.41, 5.74) is 1.69. The lowest BCUT2D eigenvalue weighted by Crippen LogP contribution is -2.49. The topological polar surface area (TPSA) is 90.1 Å². The predicted molar refractivity (Wildman–Crippen MR) is 150 cm³/mol. The van der Waals surface area contributed by atoms with E-state index in [1.165, 1.54) is 12.5 Å². The molecule has 3 N–H and O–H groups in total. The van der Waals surface area contributed by atoms with E-state index in [0.29, 0.717) is 35.6 Å². The smallest absolute Gasteiger partial charge is 0.243 e. The van der Waals surface area contributed by atoms with Gasteiger partial charge in [-0.1, -0.05) is 40.3 Å². The van der Waals surface area contributed by atoms with Crippen molar-refractivity contribution in [1.82, 2.24) is 25.5 Å². The standard InChI is InChI=1S/C27H38FN5O2.C2H6.2H2/c1-15(2)19-14-20(19)26(34)31-23(13-17(4)33-12-7-6-9-16(33)3)27(35)29-18(5)25-30-22-11-8-10-21(28)24(22)32-25;1-2;;/h8,10-11,15-16,18-20,23H,4,6-7,9,12-14H2,1-3,5H3,(H,29,35)(H,30,32)(H,31,34);1-2H3;2*1H/t16-,18-,19?,20?,23-;;;/m0.../s1. The molecule has 1 aromatic heterocycles. The number of aromatic nitrogens is 2. The van der Waals surface area contributed by atoms with Crippen LogP contribution >= 0.6 is 0 Å². The number of rotatable bonds is 9.